The fraction of sp³-hybridized carbons (Fsp3) is 0.273. The second kappa shape index (κ2) is 7.71. The summed E-state index contributed by atoms with van der Waals surface area (Å²) in [7, 11) is 1.80. The summed E-state index contributed by atoms with van der Waals surface area (Å²) in [4.78, 5) is 15.9. The van der Waals surface area contributed by atoms with Crippen LogP contribution in [0.15, 0.2) is 34.4 Å². The summed E-state index contributed by atoms with van der Waals surface area (Å²) in [6.07, 6.45) is 1.80. The molecule has 20 heavy (non-hydrogen) atoms. The first-order valence-corrected chi connectivity index (χ1v) is 7.09. The minimum absolute atomic E-state index is 0.391. The van der Waals surface area contributed by atoms with E-state index in [1.807, 2.05) is 18.2 Å². The summed E-state index contributed by atoms with van der Waals surface area (Å²) in [5.74, 6) is -0.391. The third-order valence-corrected chi connectivity index (χ3v) is 3.22. The third kappa shape index (κ3) is 5.45. The maximum atomic E-state index is 10.2. The summed E-state index contributed by atoms with van der Waals surface area (Å²) < 4.78 is 0. The molecule has 0 saturated carbocycles. The number of halogens is 1. The zero-order valence-electron chi connectivity index (χ0n) is 11.0. The van der Waals surface area contributed by atoms with E-state index in [4.69, 9.17) is 17.3 Å². The lowest BCUT2D eigenvalue weighted by Crippen LogP contribution is -2.26. The summed E-state index contributed by atoms with van der Waals surface area (Å²) in [6.45, 7) is 0.548. The topological polar surface area (TPSA) is 97.1 Å². The highest BCUT2D eigenvalue weighted by Crippen LogP contribution is 2.14. The van der Waals surface area contributed by atoms with Crippen LogP contribution in [0.1, 0.15) is 5.56 Å². The zero-order chi connectivity index (χ0) is 15.1. The molecule has 1 aromatic carbocycles. The second-order valence-electron chi connectivity index (χ2n) is 3.78. The van der Waals surface area contributed by atoms with Crippen molar-refractivity contribution in [2.75, 3.05) is 13.3 Å². The average Bonchev–Trinajstić information content (AvgIpc) is 2.34. The van der Waals surface area contributed by atoms with Crippen molar-refractivity contribution in [1.82, 2.24) is 4.90 Å². The highest BCUT2D eigenvalue weighted by atomic mass is 35.5. The Hall–Kier alpha value is -1.80. The van der Waals surface area contributed by atoms with Gasteiger partial charge in [-0.2, -0.15) is 4.99 Å². The van der Waals surface area contributed by atoms with E-state index in [2.05, 4.69) is 10.1 Å². The van der Waals surface area contributed by atoms with Crippen molar-refractivity contribution in [3.8, 4) is 0 Å². The summed E-state index contributed by atoms with van der Waals surface area (Å²) >= 11 is 7.23. The van der Waals surface area contributed by atoms with Crippen molar-refractivity contribution >= 4 is 34.5 Å². The summed E-state index contributed by atoms with van der Waals surface area (Å²) in [6, 6.07) is 7.40. The number of hydrogen-bond acceptors (Lipinski definition) is 3. The maximum absolute atomic E-state index is 10.2. The third-order valence-electron chi connectivity index (χ3n) is 2.21. The lowest BCUT2D eigenvalue weighted by atomic mass is 10.2. The molecule has 0 aliphatic rings. The van der Waals surface area contributed by atoms with E-state index in [0.29, 0.717) is 16.7 Å². The van der Waals surface area contributed by atoms with Gasteiger partial charge in [-0.05, 0) is 24.0 Å². The Morgan fingerprint density at radius 3 is 2.85 bits per heavy atom. The fourth-order valence-corrected chi connectivity index (χ4v) is 2.24. The van der Waals surface area contributed by atoms with Gasteiger partial charge in [0.25, 0.3) is 5.96 Å². The number of hydrazone groups is 1. The number of thioether (sulfide) groups is 1. The molecule has 0 spiro atoms. The number of rotatable bonds is 3. The summed E-state index contributed by atoms with van der Waals surface area (Å²) in [5.41, 5.74) is 6.36. The van der Waals surface area contributed by atoms with Crippen LogP contribution in [-0.2, 0) is 6.54 Å². The highest BCUT2D eigenvalue weighted by Gasteiger charge is 2.08. The van der Waals surface area contributed by atoms with E-state index >= 15 is 0 Å². The number of benzene rings is 1. The van der Waals surface area contributed by atoms with Crippen molar-refractivity contribution in [2.24, 2.45) is 15.8 Å². The first kappa shape index (κ1) is 16.3. The first-order valence-electron chi connectivity index (χ1n) is 5.49. The predicted octanol–water partition coefficient (Wildman–Crippen LogP) is 2.00. The molecule has 1 rings (SSSR count). The molecule has 0 saturated heterocycles. The van der Waals surface area contributed by atoms with Crippen molar-refractivity contribution in [2.45, 2.75) is 6.54 Å². The molecular weight excluding hydrogens is 302 g/mol. The summed E-state index contributed by atoms with van der Waals surface area (Å²) in [5, 5.41) is 13.4. The Morgan fingerprint density at radius 2 is 2.30 bits per heavy atom. The van der Waals surface area contributed by atoms with Gasteiger partial charge in [0.2, 0.25) is 0 Å². The van der Waals surface area contributed by atoms with E-state index < -0.39 is 11.0 Å². The van der Waals surface area contributed by atoms with Gasteiger partial charge in [-0.15, -0.1) is 0 Å². The van der Waals surface area contributed by atoms with Crippen molar-refractivity contribution in [3.63, 3.8) is 0 Å². The Bertz CT molecular complexity index is 549. The molecule has 1 aromatic rings. The quantitative estimate of drug-likeness (QED) is 0.398. The number of nitrogens with two attached hydrogens (primary N) is 1. The number of hydrogen-bond donors (Lipinski definition) is 1. The van der Waals surface area contributed by atoms with Crippen molar-refractivity contribution in [3.05, 3.63) is 45.0 Å². The Kier molecular flexibility index (Phi) is 6.26. The first-order chi connectivity index (χ1) is 9.42. The predicted molar refractivity (Wildman–Crippen MR) is 82.5 cm³/mol. The van der Waals surface area contributed by atoms with E-state index in [-0.39, 0.29) is 0 Å². The van der Waals surface area contributed by atoms with Gasteiger partial charge >= 0.3 is 0 Å². The fourth-order valence-electron chi connectivity index (χ4n) is 1.47. The highest BCUT2D eigenvalue weighted by molar-refractivity contribution is 8.13. The molecule has 108 valence electrons. The number of aliphatic imine (C=N–C) groups is 1. The monoisotopic (exact) mass is 315 g/mol. The SMILES string of the molecule is CSC(=N/C(N)=N\[N+](=O)[O-])N(C)Cc1cccc(Cl)c1. The van der Waals surface area contributed by atoms with Gasteiger partial charge in [-0.1, -0.05) is 35.5 Å². The number of nitrogens with zero attached hydrogens (tertiary/aromatic N) is 4. The molecule has 0 unspecified atom stereocenters. The number of guanidine groups is 1. The lowest BCUT2D eigenvalue weighted by molar-refractivity contribution is -0.485. The molecule has 0 fully saturated rings. The molecule has 0 amide bonds. The molecule has 0 aliphatic carbocycles. The molecule has 7 nitrogen and oxygen atoms in total. The number of amidine groups is 1. The Balaban J connectivity index is 2.84. The second-order valence-corrected chi connectivity index (χ2v) is 4.99. The van der Waals surface area contributed by atoms with Gasteiger partial charge in [0.1, 0.15) is 5.10 Å². The molecule has 2 N–H and O–H groups in total. The average molecular weight is 316 g/mol. The van der Waals surface area contributed by atoms with E-state index in [1.54, 1.807) is 24.3 Å². The van der Waals surface area contributed by atoms with Crippen LogP contribution in [0.3, 0.4) is 0 Å². The van der Waals surface area contributed by atoms with Crippen molar-refractivity contribution in [1.29, 1.82) is 0 Å². The molecular formula is C11H14ClN5O2S. The van der Waals surface area contributed by atoms with Crippen LogP contribution in [0, 0.1) is 10.1 Å². The molecule has 0 bridgehead atoms. The van der Waals surface area contributed by atoms with Gasteiger partial charge in [0.05, 0.1) is 0 Å². The molecule has 0 heterocycles. The normalized spacial score (nSPS) is 12.3. The van der Waals surface area contributed by atoms with E-state index in [0.717, 1.165) is 5.56 Å². The minimum Gasteiger partial charge on any atom is -0.363 e. The zero-order valence-corrected chi connectivity index (χ0v) is 12.6. The van der Waals surface area contributed by atoms with Gasteiger partial charge in [-0.25, -0.2) is 10.1 Å². The molecule has 0 aromatic heterocycles. The van der Waals surface area contributed by atoms with Crippen LogP contribution in [-0.4, -0.2) is 34.4 Å². The molecule has 0 radical (unpaired) electrons. The molecule has 9 heteroatoms. The van der Waals surface area contributed by atoms with Gasteiger partial charge in [0, 0.05) is 18.6 Å². The number of nitro groups is 1. The van der Waals surface area contributed by atoms with Crippen molar-refractivity contribution < 1.29 is 5.03 Å². The van der Waals surface area contributed by atoms with E-state index in [9.17, 15) is 10.1 Å². The molecule has 0 aliphatic heterocycles. The van der Waals surface area contributed by atoms with Crippen LogP contribution in [0.25, 0.3) is 0 Å². The van der Waals surface area contributed by atoms with Gasteiger partial charge in [-0.3, -0.25) is 0 Å². The van der Waals surface area contributed by atoms with Crippen LogP contribution < -0.4 is 5.73 Å². The smallest absolute Gasteiger partial charge is 0.294 e. The van der Waals surface area contributed by atoms with Gasteiger partial charge < -0.3 is 10.6 Å². The van der Waals surface area contributed by atoms with Crippen LogP contribution in [0.4, 0.5) is 0 Å². The minimum atomic E-state index is -0.881. The van der Waals surface area contributed by atoms with Crippen LogP contribution in [0.2, 0.25) is 5.02 Å². The standard InChI is InChI=1S/C11H14ClN5O2S/c1-16(7-8-4-3-5-9(12)6-8)11(20-2)14-10(13)15-17(18)19/h3-6H,7H2,1-2H3,(H2,13,15). The largest absolute Gasteiger partial charge is 0.363 e. The molecule has 0 atom stereocenters. The Morgan fingerprint density at radius 1 is 1.60 bits per heavy atom. The van der Waals surface area contributed by atoms with Gasteiger partial charge in [0.15, 0.2) is 10.2 Å². The lowest BCUT2D eigenvalue weighted by Gasteiger charge is -2.19. The maximum Gasteiger partial charge on any atom is 0.294 e. The Labute approximate surface area is 125 Å². The van der Waals surface area contributed by atoms with Crippen LogP contribution >= 0.6 is 23.4 Å². The van der Waals surface area contributed by atoms with E-state index in [1.165, 1.54) is 11.8 Å². The van der Waals surface area contributed by atoms with Crippen LogP contribution in [0.5, 0.6) is 0 Å².